The Hall–Kier alpha value is -1.71. The van der Waals surface area contributed by atoms with Crippen LogP contribution in [-0.4, -0.2) is 160 Å². The number of hydrogen-bond donors (Lipinski definition) is 1. The number of halogens is 20. The van der Waals surface area contributed by atoms with Crippen molar-refractivity contribution in [3.8, 4) is 0 Å². The van der Waals surface area contributed by atoms with E-state index in [1.165, 1.54) is 0 Å². The van der Waals surface area contributed by atoms with Crippen molar-refractivity contribution in [2.24, 2.45) is 0 Å². The minimum atomic E-state index is -7.16. The molecule has 3 atom stereocenters. The van der Waals surface area contributed by atoms with Crippen LogP contribution in [0.1, 0.15) is 6.42 Å². The summed E-state index contributed by atoms with van der Waals surface area (Å²) in [6, 6.07) is 0. The minimum absolute atomic E-state index is 0. The van der Waals surface area contributed by atoms with Crippen LogP contribution in [-0.2, 0) is 48.1 Å². The first-order valence-corrected chi connectivity index (χ1v) is 13.9. The van der Waals surface area contributed by atoms with Gasteiger partial charge in [-0.2, -0.15) is 87.4 Å². The fourth-order valence-electron chi connectivity index (χ4n) is 2.49. The van der Waals surface area contributed by atoms with Gasteiger partial charge < -0.3 is 18.9 Å². The van der Waals surface area contributed by atoms with Crippen molar-refractivity contribution in [2.45, 2.75) is 72.6 Å². The zero-order valence-electron chi connectivity index (χ0n) is 25.2. The van der Waals surface area contributed by atoms with Gasteiger partial charge in [0.2, 0.25) is 0 Å². The Labute approximate surface area is 302 Å². The van der Waals surface area contributed by atoms with Gasteiger partial charge >= 0.3 is 60.2 Å². The molecule has 53 heavy (non-hydrogen) atoms. The predicted octanol–water partition coefficient (Wildman–Crippen LogP) is 4.85. The maximum Gasteiger partial charge on any atom is 0.462 e. The van der Waals surface area contributed by atoms with Gasteiger partial charge in [-0.1, -0.05) is 0 Å². The Kier molecular flexibility index (Phi) is 19.1. The van der Waals surface area contributed by atoms with Crippen molar-refractivity contribution in [3.63, 3.8) is 0 Å². The minimum Gasteiger partial charge on any atom is -0.463 e. The molecule has 33 heteroatoms. The van der Waals surface area contributed by atoms with Crippen LogP contribution >= 0.6 is 0 Å². The van der Waals surface area contributed by atoms with E-state index in [0.717, 1.165) is 0 Å². The molecule has 0 spiro atoms. The number of carbonyl (C=O) groups is 2. The zero-order chi connectivity index (χ0) is 41.6. The van der Waals surface area contributed by atoms with E-state index in [9.17, 15) is 106 Å². The summed E-state index contributed by atoms with van der Waals surface area (Å²) in [4.78, 5) is 23.6. The molecule has 0 heterocycles. The van der Waals surface area contributed by atoms with E-state index in [1.54, 1.807) is 0 Å². The van der Waals surface area contributed by atoms with Crippen LogP contribution in [0.5, 0.6) is 0 Å². The third-order valence-electron chi connectivity index (χ3n) is 5.14. The van der Waals surface area contributed by atoms with E-state index in [2.05, 4.69) is 28.4 Å². The summed E-state index contributed by atoms with van der Waals surface area (Å²) in [5.41, 5.74) is 0. The van der Waals surface area contributed by atoms with Crippen molar-refractivity contribution in [2.75, 3.05) is 39.6 Å². The number of carbonyl (C=O) groups excluding carboxylic acids is 2. The molecule has 0 aliphatic heterocycles. The fourth-order valence-corrected chi connectivity index (χ4v) is 3.14. The summed E-state index contributed by atoms with van der Waals surface area (Å²) in [7, 11) is -5.66. The van der Waals surface area contributed by atoms with E-state index in [0.29, 0.717) is 0 Å². The van der Waals surface area contributed by atoms with Gasteiger partial charge in [0.1, 0.15) is 26.4 Å². The molecule has 1 N–H and O–H groups in total. The van der Waals surface area contributed by atoms with Gasteiger partial charge in [0.05, 0.1) is 19.6 Å². The van der Waals surface area contributed by atoms with Crippen LogP contribution in [0.4, 0.5) is 87.8 Å². The Morgan fingerprint density at radius 3 is 1.19 bits per heavy atom. The number of esters is 2. The molecule has 0 aliphatic carbocycles. The summed E-state index contributed by atoms with van der Waals surface area (Å²) in [6.07, 6.45) is -39.4. The second-order valence-corrected chi connectivity index (χ2v) is 10.9. The molecule has 0 aromatic rings. The molecule has 311 valence electrons. The maximum absolute atomic E-state index is 13.5. The topological polar surface area (TPSA) is 144 Å². The molecular weight excluding hydrogens is 851 g/mol. The molecule has 0 saturated heterocycles. The molecule has 0 aromatic carbocycles. The Balaban J connectivity index is 0. The van der Waals surface area contributed by atoms with Gasteiger partial charge in [-0.15, -0.1) is 0 Å². The molecule has 0 bridgehead atoms. The second kappa shape index (κ2) is 19.0. The van der Waals surface area contributed by atoms with Crippen LogP contribution < -0.4 is 0 Å². The molecule has 0 saturated carbocycles. The van der Waals surface area contributed by atoms with Crippen molar-refractivity contribution < 1.29 is 139 Å². The van der Waals surface area contributed by atoms with Gasteiger partial charge in [0, 0.05) is 29.6 Å². The average Bonchev–Trinajstić information content (AvgIpc) is 2.92. The molecule has 0 aliphatic rings. The van der Waals surface area contributed by atoms with Gasteiger partial charge in [-0.3, -0.25) is 23.6 Å². The summed E-state index contributed by atoms with van der Waals surface area (Å²) in [6.45, 7) is -10.3. The van der Waals surface area contributed by atoms with E-state index in [1.807, 2.05) is 0 Å². The SMILES string of the molecule is O=C(CC(C(=O)OCCOCC(F)(F)C(F)OC(F)(F)C(F)(F)C(F)(F)F)S(=O)(=O)O)OCCOCC(F)(F)C(F)OC(F)(F)C(F)(F)C(F)(F)F.[Na]. The zero-order valence-corrected chi connectivity index (χ0v) is 28.0. The normalized spacial score (nSPS) is 16.0. The van der Waals surface area contributed by atoms with Crippen LogP contribution in [0.25, 0.3) is 0 Å². The van der Waals surface area contributed by atoms with Crippen LogP contribution in [0.15, 0.2) is 0 Å². The molecule has 0 fully saturated rings. The van der Waals surface area contributed by atoms with Gasteiger partial charge in [0.15, 0.2) is 5.25 Å². The van der Waals surface area contributed by atoms with Gasteiger partial charge in [-0.25, -0.2) is 8.78 Å². The van der Waals surface area contributed by atoms with Crippen LogP contribution in [0.2, 0.25) is 0 Å². The smallest absolute Gasteiger partial charge is 0.462 e. The predicted molar refractivity (Wildman–Crippen MR) is 123 cm³/mol. The van der Waals surface area contributed by atoms with Crippen molar-refractivity contribution in [3.05, 3.63) is 0 Å². The quantitative estimate of drug-likeness (QED) is 0.0525. The third kappa shape index (κ3) is 15.0. The molecule has 3 unspecified atom stereocenters. The van der Waals surface area contributed by atoms with Crippen LogP contribution in [0, 0.1) is 0 Å². The van der Waals surface area contributed by atoms with E-state index >= 15 is 0 Å². The molecule has 0 rings (SSSR count). The first-order valence-electron chi connectivity index (χ1n) is 12.4. The summed E-state index contributed by atoms with van der Waals surface area (Å²) >= 11 is 0. The Morgan fingerprint density at radius 1 is 0.566 bits per heavy atom. The average molecular weight is 869 g/mol. The summed E-state index contributed by atoms with van der Waals surface area (Å²) < 4.78 is 308. The molecule has 11 nitrogen and oxygen atoms in total. The molecule has 0 amide bonds. The van der Waals surface area contributed by atoms with Gasteiger partial charge in [0.25, 0.3) is 22.8 Å². The maximum atomic E-state index is 13.5. The van der Waals surface area contributed by atoms with E-state index < -0.39 is 134 Å². The van der Waals surface area contributed by atoms with E-state index in [4.69, 9.17) is 4.55 Å². The summed E-state index contributed by atoms with van der Waals surface area (Å²) in [5.74, 6) is -29.1. The van der Waals surface area contributed by atoms with Crippen molar-refractivity contribution >= 4 is 51.6 Å². The first kappa shape index (κ1) is 53.4. The van der Waals surface area contributed by atoms with Gasteiger partial charge in [-0.05, 0) is 0 Å². The number of rotatable bonds is 22. The van der Waals surface area contributed by atoms with Crippen molar-refractivity contribution in [1.29, 1.82) is 0 Å². The monoisotopic (exact) mass is 869 g/mol. The van der Waals surface area contributed by atoms with Crippen LogP contribution in [0.3, 0.4) is 0 Å². The number of ether oxygens (including phenoxy) is 6. The Morgan fingerprint density at radius 2 is 0.887 bits per heavy atom. The second-order valence-electron chi connectivity index (χ2n) is 9.27. The first-order chi connectivity index (χ1) is 22.9. The largest absolute Gasteiger partial charge is 0.463 e. The molecule has 0 aromatic heterocycles. The third-order valence-corrected chi connectivity index (χ3v) is 6.21. The van der Waals surface area contributed by atoms with Crippen molar-refractivity contribution in [1.82, 2.24) is 0 Å². The number of hydrogen-bond acceptors (Lipinski definition) is 10. The fraction of sp³-hybridized carbons (Fsp3) is 0.900. The standard InChI is InChI=1S/C20H18F20O11S.Na/c21-11(50-19(37,38)15(27,28)17(31,32)33)13(23,24)6-46-1-3-48-9(41)5-8(52(43,44)45)10(42)49-4-2-47-7-14(25,26)12(22)51-20(39,40)16(29,30)18(34,35)36;/h8,11-12H,1-7H2,(H,43,44,45);. The number of alkyl halides is 20. The van der Waals surface area contributed by atoms with E-state index in [-0.39, 0.29) is 29.6 Å². The Bertz CT molecular complexity index is 1300. The molecular formula is C20H18F20NaO11S. The summed E-state index contributed by atoms with van der Waals surface area (Å²) in [5, 5.41) is -2.96. The molecule has 1 radical (unpaired) electrons.